The Morgan fingerprint density at radius 3 is 2.73 bits per heavy atom. The summed E-state index contributed by atoms with van der Waals surface area (Å²) in [5, 5.41) is 0. The summed E-state index contributed by atoms with van der Waals surface area (Å²) in [6.07, 6.45) is 9.21. The molecule has 3 heteroatoms. The maximum atomic E-state index is 6.54. The Morgan fingerprint density at radius 2 is 1.95 bits per heavy atom. The summed E-state index contributed by atoms with van der Waals surface area (Å²) in [7, 11) is 0. The molecule has 22 heavy (non-hydrogen) atoms. The van der Waals surface area contributed by atoms with Crippen LogP contribution in [0.5, 0.6) is 0 Å². The summed E-state index contributed by atoms with van der Waals surface area (Å²) in [6, 6.07) is 8.48. The molecular formula is C19H26N2S. The van der Waals surface area contributed by atoms with Crippen molar-refractivity contribution in [1.29, 1.82) is 0 Å². The Bertz CT molecular complexity index is 610. The summed E-state index contributed by atoms with van der Waals surface area (Å²) in [5.41, 5.74) is 11.4. The highest BCUT2D eigenvalue weighted by Crippen LogP contribution is 2.36. The smallest absolute Gasteiger partial charge is 0.0799 e. The highest BCUT2D eigenvalue weighted by molar-refractivity contribution is 7.84. The molecule has 0 heterocycles. The number of allylic oxidation sites excluding steroid dienone is 1. The molecule has 1 aromatic carbocycles. The van der Waals surface area contributed by atoms with Crippen molar-refractivity contribution >= 4 is 24.0 Å². The lowest BCUT2D eigenvalue weighted by atomic mass is 9.79. The highest BCUT2D eigenvalue weighted by atomic mass is 32.1. The lowest BCUT2D eigenvalue weighted by Gasteiger charge is -2.33. The van der Waals surface area contributed by atoms with E-state index in [1.807, 2.05) is 0 Å². The minimum absolute atomic E-state index is 0.0424. The van der Waals surface area contributed by atoms with Gasteiger partial charge < -0.3 is 5.73 Å². The van der Waals surface area contributed by atoms with Gasteiger partial charge in [-0.15, -0.1) is 12.6 Å². The van der Waals surface area contributed by atoms with E-state index in [1.165, 1.54) is 48.9 Å². The van der Waals surface area contributed by atoms with Gasteiger partial charge in [0, 0.05) is 28.1 Å². The number of fused-ring (bicyclic) bond motifs is 1. The van der Waals surface area contributed by atoms with Gasteiger partial charge in [-0.3, -0.25) is 4.99 Å². The van der Waals surface area contributed by atoms with Gasteiger partial charge in [-0.05, 0) is 38.2 Å². The number of nitrogens with zero attached hydrogens (tertiary/aromatic N) is 1. The van der Waals surface area contributed by atoms with Crippen LogP contribution < -0.4 is 5.73 Å². The number of nitrogens with two attached hydrogens (primary N) is 1. The van der Waals surface area contributed by atoms with Crippen molar-refractivity contribution in [3.05, 3.63) is 40.3 Å². The van der Waals surface area contributed by atoms with E-state index in [4.69, 9.17) is 10.7 Å². The molecule has 1 fully saturated rings. The molecule has 0 aliphatic heterocycles. The Labute approximate surface area is 139 Å². The first-order valence-electron chi connectivity index (χ1n) is 8.41. The van der Waals surface area contributed by atoms with Crippen molar-refractivity contribution in [2.45, 2.75) is 63.8 Å². The molecule has 1 aromatic rings. The van der Waals surface area contributed by atoms with E-state index in [2.05, 4.69) is 43.8 Å². The van der Waals surface area contributed by atoms with Crippen LogP contribution in [0.1, 0.15) is 63.0 Å². The molecule has 0 saturated heterocycles. The van der Waals surface area contributed by atoms with Gasteiger partial charge in [0.05, 0.1) is 5.70 Å². The molecule has 0 amide bonds. The monoisotopic (exact) mass is 314 g/mol. The number of hydrogen-bond donors (Lipinski definition) is 2. The molecule has 3 rings (SSSR count). The third-order valence-electron chi connectivity index (χ3n) is 5.04. The number of aliphatic imine (C=N–C) groups is 1. The zero-order valence-electron chi connectivity index (χ0n) is 13.4. The van der Waals surface area contributed by atoms with Gasteiger partial charge in [-0.1, -0.05) is 43.5 Å². The zero-order chi connectivity index (χ0) is 15.6. The summed E-state index contributed by atoms with van der Waals surface area (Å²) < 4.78 is 0. The molecule has 0 radical (unpaired) electrons. The molecule has 0 spiro atoms. The predicted octanol–water partition coefficient (Wildman–Crippen LogP) is 4.74. The van der Waals surface area contributed by atoms with Crippen LogP contribution in [0, 0.1) is 0 Å². The SMILES string of the molecule is CC(CCC1(N)CCCCC1)=NC1=C(S)Cc2ccccc21. The van der Waals surface area contributed by atoms with Crippen LogP contribution >= 0.6 is 12.6 Å². The molecule has 0 unspecified atom stereocenters. The van der Waals surface area contributed by atoms with E-state index in [9.17, 15) is 0 Å². The van der Waals surface area contributed by atoms with Crippen molar-refractivity contribution in [3.63, 3.8) is 0 Å². The number of rotatable bonds is 4. The molecule has 2 aliphatic rings. The first kappa shape index (κ1) is 15.8. The van der Waals surface area contributed by atoms with Crippen LogP contribution in [-0.4, -0.2) is 11.3 Å². The Balaban J connectivity index is 1.68. The molecular weight excluding hydrogens is 288 g/mol. The number of hydrogen-bond acceptors (Lipinski definition) is 3. The van der Waals surface area contributed by atoms with Gasteiger partial charge in [0.2, 0.25) is 0 Å². The lowest BCUT2D eigenvalue weighted by Crippen LogP contribution is -2.41. The van der Waals surface area contributed by atoms with Gasteiger partial charge in [0.15, 0.2) is 0 Å². The second kappa shape index (κ2) is 6.59. The Morgan fingerprint density at radius 1 is 1.23 bits per heavy atom. The standard InChI is InChI=1S/C19H26N2S/c1-14(9-12-19(20)10-5-2-6-11-19)21-18-16-8-4-3-7-15(16)13-17(18)22/h3-4,7-8,22H,2,5-6,9-13,20H2,1H3. The Kier molecular flexibility index (Phi) is 4.74. The Hall–Kier alpha value is -1.06. The van der Waals surface area contributed by atoms with E-state index in [0.717, 1.165) is 29.9 Å². The van der Waals surface area contributed by atoms with Crippen molar-refractivity contribution in [1.82, 2.24) is 0 Å². The molecule has 0 aromatic heterocycles. The maximum Gasteiger partial charge on any atom is 0.0799 e. The second-order valence-electron chi connectivity index (χ2n) is 6.90. The number of benzene rings is 1. The van der Waals surface area contributed by atoms with Crippen molar-refractivity contribution in [3.8, 4) is 0 Å². The highest BCUT2D eigenvalue weighted by Gasteiger charge is 2.27. The lowest BCUT2D eigenvalue weighted by molar-refractivity contribution is 0.282. The van der Waals surface area contributed by atoms with Crippen LogP contribution in [-0.2, 0) is 6.42 Å². The average molecular weight is 314 g/mol. The van der Waals surface area contributed by atoms with Crippen LogP contribution in [0.15, 0.2) is 34.2 Å². The fraction of sp³-hybridized carbons (Fsp3) is 0.526. The van der Waals surface area contributed by atoms with Crippen molar-refractivity contribution in [2.75, 3.05) is 0 Å². The van der Waals surface area contributed by atoms with Gasteiger partial charge >= 0.3 is 0 Å². The third-order valence-corrected chi connectivity index (χ3v) is 5.41. The molecule has 0 atom stereocenters. The molecule has 2 nitrogen and oxygen atoms in total. The van der Waals surface area contributed by atoms with Crippen LogP contribution in [0.4, 0.5) is 0 Å². The fourth-order valence-corrected chi connectivity index (χ4v) is 3.97. The number of thiol groups is 1. The van der Waals surface area contributed by atoms with E-state index in [1.54, 1.807) is 0 Å². The average Bonchev–Trinajstić information content (AvgIpc) is 2.82. The van der Waals surface area contributed by atoms with E-state index < -0.39 is 0 Å². The van der Waals surface area contributed by atoms with Gasteiger partial charge in [0.1, 0.15) is 0 Å². The van der Waals surface area contributed by atoms with Crippen molar-refractivity contribution < 1.29 is 0 Å². The molecule has 1 saturated carbocycles. The van der Waals surface area contributed by atoms with E-state index in [0.29, 0.717) is 0 Å². The molecule has 0 bridgehead atoms. The van der Waals surface area contributed by atoms with Gasteiger partial charge in [0.25, 0.3) is 0 Å². The zero-order valence-corrected chi connectivity index (χ0v) is 14.3. The third kappa shape index (κ3) is 3.47. The van der Waals surface area contributed by atoms with E-state index in [-0.39, 0.29) is 5.54 Å². The molecule has 2 aliphatic carbocycles. The molecule has 2 N–H and O–H groups in total. The fourth-order valence-electron chi connectivity index (χ4n) is 3.63. The second-order valence-corrected chi connectivity index (χ2v) is 7.44. The van der Waals surface area contributed by atoms with Crippen LogP contribution in [0.25, 0.3) is 5.70 Å². The summed E-state index contributed by atoms with van der Waals surface area (Å²) >= 11 is 4.64. The first-order chi connectivity index (χ1) is 10.6. The predicted molar refractivity (Wildman–Crippen MR) is 98.4 cm³/mol. The minimum atomic E-state index is 0.0424. The van der Waals surface area contributed by atoms with Crippen LogP contribution in [0.3, 0.4) is 0 Å². The normalized spacial score (nSPS) is 21.1. The molecule has 118 valence electrons. The van der Waals surface area contributed by atoms with E-state index >= 15 is 0 Å². The van der Waals surface area contributed by atoms with Gasteiger partial charge in [-0.2, -0.15) is 0 Å². The summed E-state index contributed by atoms with van der Waals surface area (Å²) in [5.74, 6) is 0. The van der Waals surface area contributed by atoms with Crippen molar-refractivity contribution in [2.24, 2.45) is 10.7 Å². The minimum Gasteiger partial charge on any atom is -0.325 e. The quantitative estimate of drug-likeness (QED) is 0.611. The maximum absolute atomic E-state index is 6.54. The van der Waals surface area contributed by atoms with Crippen LogP contribution in [0.2, 0.25) is 0 Å². The first-order valence-corrected chi connectivity index (χ1v) is 8.86. The largest absolute Gasteiger partial charge is 0.325 e. The summed E-state index contributed by atoms with van der Waals surface area (Å²) in [6.45, 7) is 2.13. The van der Waals surface area contributed by atoms with Gasteiger partial charge in [-0.25, -0.2) is 0 Å². The topological polar surface area (TPSA) is 38.4 Å². The summed E-state index contributed by atoms with van der Waals surface area (Å²) in [4.78, 5) is 5.96.